The van der Waals surface area contributed by atoms with E-state index >= 15 is 0 Å². The summed E-state index contributed by atoms with van der Waals surface area (Å²) < 4.78 is 24.6. The number of pyridine rings is 1. The van der Waals surface area contributed by atoms with Crippen LogP contribution in [0.5, 0.6) is 0 Å². The minimum absolute atomic E-state index is 0.0503. The molecule has 1 rings (SSSR count). The van der Waals surface area contributed by atoms with E-state index in [1.807, 2.05) is 13.8 Å². The molecule has 1 amide bonds. The summed E-state index contributed by atoms with van der Waals surface area (Å²) in [5, 5.41) is 1.45. The Bertz CT molecular complexity index is 570. The molecule has 20 heavy (non-hydrogen) atoms. The van der Waals surface area contributed by atoms with E-state index < -0.39 is 21.0 Å². The van der Waals surface area contributed by atoms with Crippen LogP contribution in [-0.4, -0.2) is 31.1 Å². The Morgan fingerprint density at radius 3 is 2.60 bits per heavy atom. The van der Waals surface area contributed by atoms with Crippen LogP contribution in [0.1, 0.15) is 27.2 Å². The lowest BCUT2D eigenvalue weighted by molar-refractivity contribution is -0.120. The molecule has 7 heteroatoms. The average Bonchev–Trinajstić information content (AvgIpc) is 2.37. The second-order valence-electron chi connectivity index (χ2n) is 5.07. The summed E-state index contributed by atoms with van der Waals surface area (Å²) in [7, 11) is -3.80. The Labute approximate surface area is 119 Å². The van der Waals surface area contributed by atoms with Gasteiger partial charge >= 0.3 is 0 Å². The fraction of sp³-hybridized carbons (Fsp3) is 0.538. The molecule has 0 saturated heterocycles. The molecule has 0 saturated carbocycles. The first-order valence-electron chi connectivity index (χ1n) is 6.48. The predicted molar refractivity (Wildman–Crippen MR) is 77.8 cm³/mol. The average molecular weight is 299 g/mol. The molecule has 1 heterocycles. The van der Waals surface area contributed by atoms with Crippen LogP contribution in [0.3, 0.4) is 0 Å². The van der Waals surface area contributed by atoms with E-state index in [-0.39, 0.29) is 10.6 Å². The summed E-state index contributed by atoms with van der Waals surface area (Å²) in [5.74, 6) is -0.0695. The summed E-state index contributed by atoms with van der Waals surface area (Å²) in [6.45, 7) is 5.89. The van der Waals surface area contributed by atoms with E-state index in [0.29, 0.717) is 12.5 Å². The van der Waals surface area contributed by atoms with E-state index in [0.717, 1.165) is 6.42 Å². The van der Waals surface area contributed by atoms with Crippen molar-refractivity contribution in [2.45, 2.75) is 37.3 Å². The van der Waals surface area contributed by atoms with Gasteiger partial charge < -0.3 is 11.1 Å². The van der Waals surface area contributed by atoms with Crippen LogP contribution in [0.25, 0.3) is 0 Å². The smallest absolute Gasteiger partial charge is 0.238 e. The zero-order valence-corrected chi connectivity index (χ0v) is 12.8. The predicted octanol–water partition coefficient (Wildman–Crippen LogP) is 0.988. The molecule has 0 radical (unpaired) electrons. The molecule has 6 nitrogen and oxygen atoms in total. The molecular formula is C13H21N3O3S. The number of carbonyl (C=O) groups excluding carboxylic acids is 1. The maximum Gasteiger partial charge on any atom is 0.238 e. The molecule has 1 aromatic heterocycles. The lowest BCUT2D eigenvalue weighted by Crippen LogP contribution is -2.38. The number of nitrogens with two attached hydrogens (primary N) is 1. The highest BCUT2D eigenvalue weighted by Gasteiger charge is 2.31. The second kappa shape index (κ2) is 6.69. The molecule has 1 unspecified atom stereocenters. The van der Waals surface area contributed by atoms with Gasteiger partial charge in [-0.2, -0.15) is 0 Å². The molecule has 0 aromatic carbocycles. The number of nitrogens with zero attached hydrogens (tertiary/aromatic N) is 1. The van der Waals surface area contributed by atoms with Gasteiger partial charge in [-0.1, -0.05) is 13.8 Å². The molecule has 112 valence electrons. The van der Waals surface area contributed by atoms with Gasteiger partial charge in [0.1, 0.15) is 5.25 Å². The first-order valence-corrected chi connectivity index (χ1v) is 8.02. The Hall–Kier alpha value is -1.63. The van der Waals surface area contributed by atoms with Crippen molar-refractivity contribution in [2.75, 3.05) is 12.3 Å². The second-order valence-corrected chi connectivity index (χ2v) is 7.31. The SMILES string of the molecule is CC(C)CCNC(=O)C(C)S(=O)(=O)c1ccncc1N. The quantitative estimate of drug-likeness (QED) is 0.815. The topological polar surface area (TPSA) is 102 Å². The van der Waals surface area contributed by atoms with E-state index in [2.05, 4.69) is 10.3 Å². The first-order chi connectivity index (χ1) is 9.26. The van der Waals surface area contributed by atoms with Gasteiger partial charge in [0, 0.05) is 12.7 Å². The summed E-state index contributed by atoms with van der Waals surface area (Å²) in [5.41, 5.74) is 5.66. The van der Waals surface area contributed by atoms with Gasteiger partial charge in [0.05, 0.1) is 16.8 Å². The summed E-state index contributed by atoms with van der Waals surface area (Å²) in [6.07, 6.45) is 3.40. The summed E-state index contributed by atoms with van der Waals surface area (Å²) in [6, 6.07) is 1.31. The molecule has 0 aliphatic heterocycles. The number of anilines is 1. The van der Waals surface area contributed by atoms with Crippen molar-refractivity contribution in [3.05, 3.63) is 18.5 Å². The fourth-order valence-corrected chi connectivity index (χ4v) is 2.99. The number of carbonyl (C=O) groups is 1. The molecule has 1 aromatic rings. The van der Waals surface area contributed by atoms with Crippen molar-refractivity contribution in [2.24, 2.45) is 5.92 Å². The molecule has 0 aliphatic carbocycles. The van der Waals surface area contributed by atoms with Crippen LogP contribution in [0.4, 0.5) is 5.69 Å². The van der Waals surface area contributed by atoms with Gasteiger partial charge in [-0.15, -0.1) is 0 Å². The monoisotopic (exact) mass is 299 g/mol. The third-order valence-electron chi connectivity index (χ3n) is 2.97. The standard InChI is InChI=1S/C13H21N3O3S/c1-9(2)4-7-16-13(17)10(3)20(18,19)12-5-6-15-8-11(12)14/h5-6,8-10H,4,7,14H2,1-3H3,(H,16,17). The number of sulfone groups is 1. The molecule has 1 atom stereocenters. The number of nitrogen functional groups attached to an aromatic ring is 1. The van der Waals surface area contributed by atoms with Crippen LogP contribution in [0.15, 0.2) is 23.4 Å². The number of amides is 1. The molecular weight excluding hydrogens is 278 g/mol. The van der Waals surface area contributed by atoms with Crippen molar-refractivity contribution in [1.82, 2.24) is 10.3 Å². The molecule has 0 fully saturated rings. The normalized spacial score (nSPS) is 13.2. The Morgan fingerprint density at radius 1 is 1.40 bits per heavy atom. The number of aromatic nitrogens is 1. The number of nitrogens with one attached hydrogen (secondary N) is 1. The Morgan fingerprint density at radius 2 is 2.05 bits per heavy atom. The molecule has 0 bridgehead atoms. The van der Waals surface area contributed by atoms with Crippen LogP contribution in [-0.2, 0) is 14.6 Å². The molecule has 3 N–H and O–H groups in total. The minimum Gasteiger partial charge on any atom is -0.396 e. The first kappa shape index (κ1) is 16.4. The number of hydrogen-bond acceptors (Lipinski definition) is 5. The maximum atomic E-state index is 12.3. The van der Waals surface area contributed by atoms with Crippen LogP contribution >= 0.6 is 0 Å². The van der Waals surface area contributed by atoms with Crippen molar-refractivity contribution >= 4 is 21.4 Å². The summed E-state index contributed by atoms with van der Waals surface area (Å²) in [4.78, 5) is 15.6. The fourth-order valence-electron chi connectivity index (χ4n) is 1.61. The number of hydrogen-bond donors (Lipinski definition) is 2. The van der Waals surface area contributed by atoms with Gasteiger partial charge in [-0.25, -0.2) is 8.42 Å². The van der Waals surface area contributed by atoms with E-state index in [9.17, 15) is 13.2 Å². The van der Waals surface area contributed by atoms with Gasteiger partial charge in [0.15, 0.2) is 9.84 Å². The van der Waals surface area contributed by atoms with Gasteiger partial charge in [0.2, 0.25) is 5.91 Å². The highest BCUT2D eigenvalue weighted by Crippen LogP contribution is 2.21. The molecule has 0 aliphatic rings. The van der Waals surface area contributed by atoms with Crippen LogP contribution < -0.4 is 11.1 Å². The third-order valence-corrected chi connectivity index (χ3v) is 5.10. The Balaban J connectivity index is 2.82. The maximum absolute atomic E-state index is 12.3. The van der Waals surface area contributed by atoms with Crippen LogP contribution in [0, 0.1) is 5.92 Å². The zero-order valence-electron chi connectivity index (χ0n) is 12.0. The van der Waals surface area contributed by atoms with Gasteiger partial charge in [0.25, 0.3) is 0 Å². The van der Waals surface area contributed by atoms with E-state index in [1.54, 1.807) is 0 Å². The number of rotatable bonds is 6. The highest BCUT2D eigenvalue weighted by atomic mass is 32.2. The minimum atomic E-state index is -3.80. The lowest BCUT2D eigenvalue weighted by atomic mass is 10.1. The van der Waals surface area contributed by atoms with Gasteiger partial charge in [-0.3, -0.25) is 9.78 Å². The van der Waals surface area contributed by atoms with Gasteiger partial charge in [-0.05, 0) is 25.3 Å². The Kier molecular flexibility index (Phi) is 5.50. The lowest BCUT2D eigenvalue weighted by Gasteiger charge is -2.15. The van der Waals surface area contributed by atoms with E-state index in [4.69, 9.17) is 5.73 Å². The third kappa shape index (κ3) is 3.93. The van der Waals surface area contributed by atoms with Crippen LogP contribution in [0.2, 0.25) is 0 Å². The highest BCUT2D eigenvalue weighted by molar-refractivity contribution is 7.93. The van der Waals surface area contributed by atoms with Crippen molar-refractivity contribution in [3.63, 3.8) is 0 Å². The zero-order chi connectivity index (χ0) is 15.3. The summed E-state index contributed by atoms with van der Waals surface area (Å²) >= 11 is 0. The largest absolute Gasteiger partial charge is 0.396 e. The van der Waals surface area contributed by atoms with Crippen molar-refractivity contribution in [1.29, 1.82) is 0 Å². The molecule has 0 spiro atoms. The van der Waals surface area contributed by atoms with Crippen molar-refractivity contribution in [3.8, 4) is 0 Å². The van der Waals surface area contributed by atoms with Crippen molar-refractivity contribution < 1.29 is 13.2 Å². The van der Waals surface area contributed by atoms with E-state index in [1.165, 1.54) is 25.4 Å².